The first-order valence-corrected chi connectivity index (χ1v) is 2.57. The number of carbonyl (C=O) groups is 1. The molecule has 5 N–H and O–H groups in total. The van der Waals surface area contributed by atoms with Crippen molar-refractivity contribution in [1.29, 1.82) is 5.41 Å². The standard InChI is InChI=1S/C3H7N3O2S/c4-3(5)6-1(9)2(7)8/h1,9H,(H,7,8)(H4,4,5,6). The van der Waals surface area contributed by atoms with Gasteiger partial charge in [0.25, 0.3) is 0 Å². The highest BCUT2D eigenvalue weighted by Gasteiger charge is 2.10. The first-order chi connectivity index (χ1) is 4.04. The molecule has 5 nitrogen and oxygen atoms in total. The van der Waals surface area contributed by atoms with Gasteiger partial charge in [0, 0.05) is 0 Å². The molecule has 0 aromatic rings. The third-order valence-corrected chi connectivity index (χ3v) is 0.876. The van der Waals surface area contributed by atoms with E-state index in [0.717, 1.165) is 0 Å². The van der Waals surface area contributed by atoms with E-state index in [9.17, 15) is 4.79 Å². The number of nitrogens with one attached hydrogen (secondary N) is 2. The summed E-state index contributed by atoms with van der Waals surface area (Å²) in [5.41, 5.74) is 4.79. The summed E-state index contributed by atoms with van der Waals surface area (Å²) in [6, 6.07) is 0. The zero-order valence-corrected chi connectivity index (χ0v) is 5.35. The monoisotopic (exact) mass is 149 g/mol. The number of carboxylic acids is 1. The second-order valence-electron chi connectivity index (χ2n) is 1.30. The Hall–Kier alpha value is -0.910. The number of rotatable bonds is 2. The van der Waals surface area contributed by atoms with Crippen molar-refractivity contribution < 1.29 is 9.90 Å². The normalized spacial score (nSPS) is 12.1. The summed E-state index contributed by atoms with van der Waals surface area (Å²) in [4.78, 5) is 9.94. The lowest BCUT2D eigenvalue weighted by molar-refractivity contribution is -0.136. The molecule has 1 atom stereocenters. The third-order valence-electron chi connectivity index (χ3n) is 0.526. The van der Waals surface area contributed by atoms with Crippen molar-refractivity contribution in [2.24, 2.45) is 5.73 Å². The van der Waals surface area contributed by atoms with Crippen molar-refractivity contribution in [3.8, 4) is 0 Å². The van der Waals surface area contributed by atoms with Gasteiger partial charge in [-0.05, 0) is 0 Å². The maximum Gasteiger partial charge on any atom is 0.336 e. The van der Waals surface area contributed by atoms with Crippen LogP contribution in [0.25, 0.3) is 0 Å². The summed E-state index contributed by atoms with van der Waals surface area (Å²) < 4.78 is 0. The molecule has 9 heavy (non-hydrogen) atoms. The Bertz CT molecular complexity index is 137. The number of carboxylic acid groups (broad SMARTS) is 1. The molecule has 1 unspecified atom stereocenters. The minimum Gasteiger partial charge on any atom is -0.479 e. The van der Waals surface area contributed by atoms with Gasteiger partial charge in [0.2, 0.25) is 0 Å². The van der Waals surface area contributed by atoms with Crippen LogP contribution in [0.4, 0.5) is 0 Å². The fraction of sp³-hybridized carbons (Fsp3) is 0.333. The second kappa shape index (κ2) is 3.18. The topological polar surface area (TPSA) is 99.2 Å². The Morgan fingerprint density at radius 2 is 2.33 bits per heavy atom. The molecule has 0 aliphatic carbocycles. The molecule has 0 aliphatic rings. The number of aliphatic carboxylic acids is 1. The van der Waals surface area contributed by atoms with Gasteiger partial charge in [-0.1, -0.05) is 0 Å². The van der Waals surface area contributed by atoms with E-state index >= 15 is 0 Å². The van der Waals surface area contributed by atoms with Crippen LogP contribution in [-0.2, 0) is 4.79 Å². The van der Waals surface area contributed by atoms with Crippen molar-refractivity contribution in [2.75, 3.05) is 0 Å². The summed E-state index contributed by atoms with van der Waals surface area (Å²) in [7, 11) is 0. The molecule has 0 aliphatic heterocycles. The highest BCUT2D eigenvalue weighted by molar-refractivity contribution is 7.81. The lowest BCUT2D eigenvalue weighted by atomic mass is 10.6. The van der Waals surface area contributed by atoms with Crippen LogP contribution in [0.1, 0.15) is 0 Å². The van der Waals surface area contributed by atoms with E-state index in [-0.39, 0.29) is 0 Å². The lowest BCUT2D eigenvalue weighted by Gasteiger charge is -2.05. The summed E-state index contributed by atoms with van der Waals surface area (Å²) in [5, 5.41) is 15.7. The van der Waals surface area contributed by atoms with Gasteiger partial charge >= 0.3 is 5.97 Å². The minimum atomic E-state index is -1.16. The Kier molecular flexibility index (Phi) is 2.86. The van der Waals surface area contributed by atoms with Gasteiger partial charge in [-0.2, -0.15) is 0 Å². The number of guanidine groups is 1. The van der Waals surface area contributed by atoms with Crippen molar-refractivity contribution >= 4 is 24.6 Å². The maximum atomic E-state index is 9.94. The molecule has 0 rings (SSSR count). The molecule has 52 valence electrons. The average Bonchev–Trinajstić information content (AvgIpc) is 1.63. The number of thiol groups is 1. The Morgan fingerprint density at radius 3 is 2.44 bits per heavy atom. The van der Waals surface area contributed by atoms with Gasteiger partial charge in [0.1, 0.15) is 0 Å². The summed E-state index contributed by atoms with van der Waals surface area (Å²) >= 11 is 3.53. The molecule has 0 spiro atoms. The predicted molar refractivity (Wildman–Crippen MR) is 35.5 cm³/mol. The van der Waals surface area contributed by atoms with Crippen LogP contribution in [0.2, 0.25) is 0 Å². The fourth-order valence-electron chi connectivity index (χ4n) is 0.209. The largest absolute Gasteiger partial charge is 0.479 e. The first-order valence-electron chi connectivity index (χ1n) is 2.05. The molecule has 0 amide bonds. The SMILES string of the molecule is N=C(N)NC(S)C(=O)O. The van der Waals surface area contributed by atoms with Crippen LogP contribution in [0.3, 0.4) is 0 Å². The van der Waals surface area contributed by atoms with E-state index in [0.29, 0.717) is 0 Å². The molecular weight excluding hydrogens is 142 g/mol. The molecule has 0 bridgehead atoms. The summed E-state index contributed by atoms with van der Waals surface area (Å²) in [6.45, 7) is 0. The highest BCUT2D eigenvalue weighted by atomic mass is 32.1. The smallest absolute Gasteiger partial charge is 0.336 e. The van der Waals surface area contributed by atoms with Crippen molar-refractivity contribution in [3.05, 3.63) is 0 Å². The first kappa shape index (κ1) is 8.09. The van der Waals surface area contributed by atoms with Gasteiger partial charge in [0.15, 0.2) is 11.3 Å². The fourth-order valence-corrected chi connectivity index (χ4v) is 0.348. The summed E-state index contributed by atoms with van der Waals surface area (Å²) in [6.07, 6.45) is 0. The van der Waals surface area contributed by atoms with E-state index in [1.165, 1.54) is 0 Å². The maximum absolute atomic E-state index is 9.94. The van der Waals surface area contributed by atoms with Gasteiger partial charge in [-0.15, -0.1) is 12.6 Å². The van der Waals surface area contributed by atoms with Gasteiger partial charge in [-0.25, -0.2) is 4.79 Å². The van der Waals surface area contributed by atoms with Gasteiger partial charge in [0.05, 0.1) is 0 Å². The third kappa shape index (κ3) is 3.65. The van der Waals surface area contributed by atoms with Crippen LogP contribution in [-0.4, -0.2) is 22.4 Å². The van der Waals surface area contributed by atoms with Crippen molar-refractivity contribution in [1.82, 2.24) is 5.32 Å². The van der Waals surface area contributed by atoms with E-state index in [4.69, 9.17) is 16.2 Å². The molecule has 0 radical (unpaired) electrons. The quantitative estimate of drug-likeness (QED) is 0.147. The Labute approximate surface area is 57.2 Å². The highest BCUT2D eigenvalue weighted by Crippen LogP contribution is 1.86. The van der Waals surface area contributed by atoms with Crippen LogP contribution < -0.4 is 11.1 Å². The molecule has 0 aromatic heterocycles. The summed E-state index contributed by atoms with van der Waals surface area (Å²) in [5.74, 6) is -1.56. The molecule has 0 fully saturated rings. The molecule has 0 saturated heterocycles. The van der Waals surface area contributed by atoms with Crippen LogP contribution in [0.15, 0.2) is 0 Å². The van der Waals surface area contributed by atoms with Crippen LogP contribution in [0, 0.1) is 5.41 Å². The van der Waals surface area contributed by atoms with E-state index in [1.54, 1.807) is 0 Å². The molecule has 6 heteroatoms. The van der Waals surface area contributed by atoms with E-state index < -0.39 is 17.3 Å². The number of nitrogens with two attached hydrogens (primary N) is 1. The van der Waals surface area contributed by atoms with Gasteiger partial charge < -0.3 is 16.2 Å². The Morgan fingerprint density at radius 1 is 1.89 bits per heavy atom. The Balaban J connectivity index is 3.63. The van der Waals surface area contributed by atoms with Crippen LogP contribution in [0.5, 0.6) is 0 Å². The lowest BCUT2D eigenvalue weighted by Crippen LogP contribution is -2.40. The number of hydrogen-bond donors (Lipinski definition) is 5. The molecule has 0 aromatic carbocycles. The zero-order chi connectivity index (χ0) is 7.44. The number of hydrogen-bond acceptors (Lipinski definition) is 3. The molecule has 0 heterocycles. The second-order valence-corrected chi connectivity index (χ2v) is 1.82. The van der Waals surface area contributed by atoms with Crippen LogP contribution >= 0.6 is 12.6 Å². The molecule has 0 saturated carbocycles. The van der Waals surface area contributed by atoms with Crippen molar-refractivity contribution in [2.45, 2.75) is 5.37 Å². The molecular formula is C3H7N3O2S. The van der Waals surface area contributed by atoms with Gasteiger partial charge in [-0.3, -0.25) is 5.41 Å². The average molecular weight is 149 g/mol. The van der Waals surface area contributed by atoms with E-state index in [2.05, 4.69) is 17.9 Å². The predicted octanol–water partition coefficient (Wildman–Crippen LogP) is -1.19. The van der Waals surface area contributed by atoms with Crippen molar-refractivity contribution in [3.63, 3.8) is 0 Å². The van der Waals surface area contributed by atoms with E-state index in [1.807, 2.05) is 0 Å². The minimum absolute atomic E-state index is 0.405. The zero-order valence-electron chi connectivity index (χ0n) is 4.46.